The first-order valence-corrected chi connectivity index (χ1v) is 14.8. The van der Waals surface area contributed by atoms with Crippen LogP contribution in [-0.2, 0) is 34.5 Å². The molecule has 3 aliphatic heterocycles. The minimum absolute atomic E-state index is 0.250. The minimum Gasteiger partial charge on any atom is -0.483 e. The Labute approximate surface area is 237 Å². The van der Waals surface area contributed by atoms with Crippen molar-refractivity contribution in [1.29, 1.82) is 0 Å². The summed E-state index contributed by atoms with van der Waals surface area (Å²) in [7, 11) is -3.18. The second-order valence-corrected chi connectivity index (χ2v) is 11.8. The average Bonchev–Trinajstić information content (AvgIpc) is 3.63. The van der Waals surface area contributed by atoms with E-state index in [0.717, 1.165) is 39.2 Å². The largest absolute Gasteiger partial charge is 0.483 e. The van der Waals surface area contributed by atoms with Gasteiger partial charge in [-0.05, 0) is 41.5 Å². The summed E-state index contributed by atoms with van der Waals surface area (Å²) >= 11 is 0. The molecule has 5 heterocycles. The van der Waals surface area contributed by atoms with E-state index in [1.54, 1.807) is 12.3 Å². The highest BCUT2D eigenvalue weighted by Crippen LogP contribution is 2.32. The predicted octanol–water partition coefficient (Wildman–Crippen LogP) is 2.04. The van der Waals surface area contributed by atoms with Crippen molar-refractivity contribution in [3.8, 4) is 11.1 Å². The monoisotopic (exact) mass is 575 g/mol. The third-order valence-electron chi connectivity index (χ3n) is 7.03. The number of hydrogen-bond donors (Lipinski definition) is 2. The highest BCUT2D eigenvalue weighted by molar-refractivity contribution is 7.88. The van der Waals surface area contributed by atoms with Crippen LogP contribution in [0.3, 0.4) is 0 Å². The number of pyridine rings is 2. The van der Waals surface area contributed by atoms with E-state index < -0.39 is 10.0 Å². The summed E-state index contributed by atoms with van der Waals surface area (Å²) in [6.45, 7) is 3.61. The number of carbonyl (C=O) groups excluding carboxylic acids is 1. The first-order valence-electron chi connectivity index (χ1n) is 12.9. The molecule has 13 heteroatoms. The maximum absolute atomic E-state index is 13.3. The van der Waals surface area contributed by atoms with Gasteiger partial charge >= 0.3 is 0 Å². The molecular formula is C28H29N7O5S. The number of aliphatic imine (C=N–C) groups is 2. The molecule has 0 saturated carbocycles. The number of piperazine rings is 1. The molecule has 212 valence electrons. The van der Waals surface area contributed by atoms with E-state index in [4.69, 9.17) is 9.90 Å². The van der Waals surface area contributed by atoms with Crippen molar-refractivity contribution in [2.24, 2.45) is 9.98 Å². The fraction of sp³-hybridized carbons (Fsp3) is 0.286. The molecular weight excluding hydrogens is 546 g/mol. The van der Waals surface area contributed by atoms with Gasteiger partial charge in [0.1, 0.15) is 5.69 Å². The number of rotatable bonds is 6. The summed E-state index contributed by atoms with van der Waals surface area (Å²) in [6, 6.07) is 11.5. The van der Waals surface area contributed by atoms with Crippen LogP contribution in [0.15, 0.2) is 52.6 Å². The molecule has 41 heavy (non-hydrogen) atoms. The van der Waals surface area contributed by atoms with Crippen molar-refractivity contribution in [2.45, 2.75) is 19.6 Å². The number of hydrogen-bond acceptors (Lipinski definition) is 9. The van der Waals surface area contributed by atoms with Crippen LogP contribution >= 0.6 is 0 Å². The highest BCUT2D eigenvalue weighted by Gasteiger charge is 2.24. The summed E-state index contributed by atoms with van der Waals surface area (Å²) in [5, 5.41) is 9.94. The van der Waals surface area contributed by atoms with Gasteiger partial charge in [-0.15, -0.1) is 0 Å². The van der Waals surface area contributed by atoms with Crippen LogP contribution in [-0.4, -0.2) is 89.9 Å². The van der Waals surface area contributed by atoms with E-state index in [0.29, 0.717) is 57.2 Å². The van der Waals surface area contributed by atoms with E-state index in [2.05, 4.69) is 42.3 Å². The Hall–Kier alpha value is -4.33. The third-order valence-corrected chi connectivity index (χ3v) is 8.33. The molecule has 3 aliphatic rings. The first kappa shape index (κ1) is 28.2. The molecule has 0 aliphatic carbocycles. The van der Waals surface area contributed by atoms with Crippen LogP contribution in [0.5, 0.6) is 0 Å². The molecule has 3 aromatic rings. The maximum atomic E-state index is 13.3. The minimum atomic E-state index is -3.18. The van der Waals surface area contributed by atoms with Crippen molar-refractivity contribution in [1.82, 2.24) is 19.2 Å². The summed E-state index contributed by atoms with van der Waals surface area (Å²) < 4.78 is 25.0. The number of sulfonamides is 1. The zero-order valence-electron chi connectivity index (χ0n) is 22.4. The molecule has 1 amide bonds. The molecule has 2 aromatic heterocycles. The number of benzene rings is 1. The Bertz CT molecular complexity index is 1650. The lowest BCUT2D eigenvalue weighted by molar-refractivity contribution is -0.122. The van der Waals surface area contributed by atoms with Crippen molar-refractivity contribution in [3.63, 3.8) is 0 Å². The molecule has 0 bridgehead atoms. The highest BCUT2D eigenvalue weighted by atomic mass is 32.2. The smallest absolute Gasteiger partial charge is 0.290 e. The Morgan fingerprint density at radius 1 is 1.05 bits per heavy atom. The SMILES string of the molecule is CS(=O)(=O)N1CCN(Cc2cccc(C(=O)Nc3cc(-c4cnc5c(c4)C=NC5)cc4c3C=NC4)n2)CC1.O=CO. The lowest BCUT2D eigenvalue weighted by Crippen LogP contribution is -2.47. The van der Waals surface area contributed by atoms with E-state index in [-0.39, 0.29) is 12.4 Å². The van der Waals surface area contributed by atoms with Crippen LogP contribution in [0.4, 0.5) is 5.69 Å². The molecule has 1 aromatic carbocycles. The van der Waals surface area contributed by atoms with Gasteiger partial charge in [0.05, 0.1) is 36.4 Å². The molecule has 12 nitrogen and oxygen atoms in total. The molecule has 1 fully saturated rings. The Kier molecular flexibility index (Phi) is 8.28. The third kappa shape index (κ3) is 6.53. The van der Waals surface area contributed by atoms with Gasteiger partial charge in [-0.2, -0.15) is 4.31 Å². The average molecular weight is 576 g/mol. The van der Waals surface area contributed by atoms with Gasteiger partial charge in [0.2, 0.25) is 10.0 Å². The normalized spacial score (nSPS) is 16.0. The Morgan fingerprint density at radius 3 is 2.56 bits per heavy atom. The number of carbonyl (C=O) groups is 2. The summed E-state index contributed by atoms with van der Waals surface area (Å²) in [5.74, 6) is -0.299. The molecule has 0 atom stereocenters. The molecule has 0 unspecified atom stereocenters. The number of fused-ring (bicyclic) bond motifs is 2. The summed E-state index contributed by atoms with van der Waals surface area (Å²) in [4.78, 5) is 41.6. The van der Waals surface area contributed by atoms with Crippen LogP contribution in [0.2, 0.25) is 0 Å². The van der Waals surface area contributed by atoms with Crippen molar-refractivity contribution in [3.05, 3.63) is 76.4 Å². The zero-order valence-corrected chi connectivity index (χ0v) is 23.2. The summed E-state index contributed by atoms with van der Waals surface area (Å²) in [5.41, 5.74) is 7.60. The zero-order chi connectivity index (χ0) is 29.0. The van der Waals surface area contributed by atoms with Gasteiger partial charge in [-0.1, -0.05) is 6.07 Å². The van der Waals surface area contributed by atoms with Gasteiger partial charge in [0.25, 0.3) is 12.4 Å². The lowest BCUT2D eigenvalue weighted by atomic mass is 9.98. The number of aromatic nitrogens is 2. The quantitative estimate of drug-likeness (QED) is 0.423. The van der Waals surface area contributed by atoms with Crippen LogP contribution in [0.1, 0.15) is 38.6 Å². The van der Waals surface area contributed by atoms with Crippen molar-refractivity contribution >= 4 is 40.5 Å². The van der Waals surface area contributed by atoms with Crippen molar-refractivity contribution < 1.29 is 23.1 Å². The summed E-state index contributed by atoms with van der Waals surface area (Å²) in [6.07, 6.45) is 6.72. The molecule has 1 saturated heterocycles. The van der Waals surface area contributed by atoms with E-state index in [1.807, 2.05) is 30.6 Å². The standard InChI is InChI=1S/C27H27N7O3S.CH2O2/c1-38(36,37)34-7-5-33(6-8-34)17-22-3-2-4-24(31-22)27(35)32-25-11-18(9-20-12-28-15-23(20)25)19-10-21-13-29-16-26(21)30-14-19;2-1-3/h2-4,9-11,13-15H,5-8,12,16-17H2,1H3,(H,32,35);1H,(H,2,3). The van der Waals surface area contributed by atoms with Gasteiger partial charge in [-0.25, -0.2) is 13.4 Å². The molecule has 0 radical (unpaired) electrons. The topological polar surface area (TPSA) is 158 Å². The molecule has 2 N–H and O–H groups in total. The van der Waals surface area contributed by atoms with Gasteiger partial charge in [0, 0.05) is 68.0 Å². The van der Waals surface area contributed by atoms with E-state index >= 15 is 0 Å². The lowest BCUT2D eigenvalue weighted by Gasteiger charge is -2.32. The Morgan fingerprint density at radius 2 is 1.80 bits per heavy atom. The first-order chi connectivity index (χ1) is 19.7. The maximum Gasteiger partial charge on any atom is 0.290 e. The number of nitrogens with zero attached hydrogens (tertiary/aromatic N) is 6. The van der Waals surface area contributed by atoms with Crippen LogP contribution in [0.25, 0.3) is 11.1 Å². The van der Waals surface area contributed by atoms with Gasteiger partial charge in [0.15, 0.2) is 0 Å². The molecule has 0 spiro atoms. The number of carboxylic acid groups (broad SMARTS) is 1. The van der Waals surface area contributed by atoms with Gasteiger partial charge in [-0.3, -0.25) is 29.5 Å². The van der Waals surface area contributed by atoms with Crippen molar-refractivity contribution in [2.75, 3.05) is 37.8 Å². The Balaban J connectivity index is 0.00000108. The van der Waals surface area contributed by atoms with E-state index in [9.17, 15) is 13.2 Å². The van der Waals surface area contributed by atoms with Crippen LogP contribution in [0, 0.1) is 0 Å². The number of anilines is 1. The van der Waals surface area contributed by atoms with E-state index in [1.165, 1.54) is 10.6 Å². The number of amides is 1. The molecule has 6 rings (SSSR count). The fourth-order valence-corrected chi connectivity index (χ4v) is 5.80. The fourth-order valence-electron chi connectivity index (χ4n) is 4.97. The van der Waals surface area contributed by atoms with Crippen LogP contribution < -0.4 is 5.32 Å². The second-order valence-electron chi connectivity index (χ2n) is 9.81. The second kappa shape index (κ2) is 12.0. The predicted molar refractivity (Wildman–Crippen MR) is 155 cm³/mol. The van der Waals surface area contributed by atoms with Gasteiger partial charge < -0.3 is 10.4 Å². The number of nitrogens with one attached hydrogen (secondary N) is 1.